The van der Waals surface area contributed by atoms with E-state index in [4.69, 9.17) is 4.74 Å². The minimum absolute atomic E-state index is 0.199. The second kappa shape index (κ2) is 6.77. The van der Waals surface area contributed by atoms with Crippen molar-refractivity contribution in [1.29, 1.82) is 0 Å². The smallest absolute Gasteiger partial charge is 0.326 e. The molecule has 1 aromatic heterocycles. The average Bonchev–Trinajstić information content (AvgIpc) is 2.86. The molecule has 0 bridgehead atoms. The molecule has 1 atom stereocenters. The molecule has 114 valence electrons. The Morgan fingerprint density at radius 1 is 1.48 bits per heavy atom. The van der Waals surface area contributed by atoms with Crippen LogP contribution in [0.4, 0.5) is 0 Å². The topological polar surface area (TPSA) is 51.2 Å². The van der Waals surface area contributed by atoms with Crippen molar-refractivity contribution in [2.45, 2.75) is 36.7 Å². The molecule has 6 heteroatoms. The zero-order valence-electron chi connectivity index (χ0n) is 12.7. The Labute approximate surface area is 133 Å². The van der Waals surface area contributed by atoms with Gasteiger partial charge in [0.05, 0.1) is 17.3 Å². The molecule has 0 saturated carbocycles. The van der Waals surface area contributed by atoms with Gasteiger partial charge in [0, 0.05) is 11.8 Å². The quantitative estimate of drug-likeness (QED) is 0.652. The molecule has 0 fully saturated rings. The summed E-state index contributed by atoms with van der Waals surface area (Å²) in [6.07, 6.45) is 0. The van der Waals surface area contributed by atoms with Crippen LogP contribution >= 0.6 is 23.1 Å². The lowest BCUT2D eigenvalue weighted by molar-refractivity contribution is -0.147. The second-order valence-corrected chi connectivity index (χ2v) is 7.61. The molecule has 2 aromatic rings. The summed E-state index contributed by atoms with van der Waals surface area (Å²) in [4.78, 5) is 16.6. The number of nitrogens with zero attached hydrogens (tertiary/aromatic N) is 1. The van der Waals surface area contributed by atoms with Crippen LogP contribution in [0.3, 0.4) is 0 Å². The minimum Gasteiger partial charge on any atom is -0.468 e. The Kier molecular flexibility index (Phi) is 5.24. The van der Waals surface area contributed by atoms with Crippen molar-refractivity contribution in [3.63, 3.8) is 0 Å². The van der Waals surface area contributed by atoms with E-state index in [1.165, 1.54) is 7.11 Å². The summed E-state index contributed by atoms with van der Waals surface area (Å²) in [5, 5.41) is 3.29. The molecule has 2 rings (SSSR count). The van der Waals surface area contributed by atoms with E-state index in [2.05, 4.69) is 16.4 Å². The molecule has 0 spiro atoms. The van der Waals surface area contributed by atoms with Crippen LogP contribution < -0.4 is 5.32 Å². The fourth-order valence-corrected chi connectivity index (χ4v) is 4.30. The fourth-order valence-electron chi connectivity index (χ4n) is 2.14. The van der Waals surface area contributed by atoms with Gasteiger partial charge in [0.1, 0.15) is 5.54 Å². The van der Waals surface area contributed by atoms with Crippen molar-refractivity contribution in [3.05, 3.63) is 24.3 Å². The first-order chi connectivity index (χ1) is 9.94. The fraction of sp³-hybridized carbons (Fsp3) is 0.467. The lowest BCUT2D eigenvalue weighted by atomic mass is 10.0. The summed E-state index contributed by atoms with van der Waals surface area (Å²) in [6, 6.07) is 8.25. The van der Waals surface area contributed by atoms with Gasteiger partial charge in [-0.15, -0.1) is 11.3 Å². The van der Waals surface area contributed by atoms with Crippen LogP contribution in [0, 0.1) is 0 Å². The SMILES string of the molecule is COC(=O)C(C)(CSc1nc2ccccc2s1)NC(C)C. The Morgan fingerprint density at radius 3 is 2.81 bits per heavy atom. The van der Waals surface area contributed by atoms with Crippen molar-refractivity contribution in [2.75, 3.05) is 12.9 Å². The molecule has 0 aliphatic carbocycles. The number of thioether (sulfide) groups is 1. The van der Waals surface area contributed by atoms with Gasteiger partial charge in [-0.3, -0.25) is 10.1 Å². The molecule has 21 heavy (non-hydrogen) atoms. The van der Waals surface area contributed by atoms with E-state index in [-0.39, 0.29) is 12.0 Å². The van der Waals surface area contributed by atoms with Gasteiger partial charge in [-0.1, -0.05) is 23.9 Å². The number of para-hydroxylation sites is 1. The molecule has 0 radical (unpaired) electrons. The highest BCUT2D eigenvalue weighted by Crippen LogP contribution is 2.31. The molecular formula is C15H20N2O2S2. The maximum absolute atomic E-state index is 12.0. The van der Waals surface area contributed by atoms with Gasteiger partial charge in [-0.25, -0.2) is 4.98 Å². The highest BCUT2D eigenvalue weighted by atomic mass is 32.2. The summed E-state index contributed by atoms with van der Waals surface area (Å²) < 4.78 is 7.06. The summed E-state index contributed by atoms with van der Waals surface area (Å²) in [5.74, 6) is 0.335. The molecular weight excluding hydrogens is 304 g/mol. The van der Waals surface area contributed by atoms with E-state index in [1.807, 2.05) is 39.0 Å². The van der Waals surface area contributed by atoms with Crippen molar-refractivity contribution in [3.8, 4) is 0 Å². The number of aromatic nitrogens is 1. The van der Waals surface area contributed by atoms with Gasteiger partial charge in [0.25, 0.3) is 0 Å². The number of nitrogens with one attached hydrogen (secondary N) is 1. The van der Waals surface area contributed by atoms with E-state index in [0.717, 1.165) is 14.6 Å². The molecule has 4 nitrogen and oxygen atoms in total. The third-order valence-corrected chi connectivity index (χ3v) is 5.50. The van der Waals surface area contributed by atoms with Gasteiger partial charge in [0.2, 0.25) is 0 Å². The van der Waals surface area contributed by atoms with Crippen LogP contribution in [0.5, 0.6) is 0 Å². The largest absolute Gasteiger partial charge is 0.468 e. The van der Waals surface area contributed by atoms with Gasteiger partial charge in [0.15, 0.2) is 4.34 Å². The van der Waals surface area contributed by atoms with Gasteiger partial charge < -0.3 is 4.74 Å². The van der Waals surface area contributed by atoms with Crippen LogP contribution in [0.15, 0.2) is 28.6 Å². The Morgan fingerprint density at radius 2 is 2.19 bits per heavy atom. The first-order valence-electron chi connectivity index (χ1n) is 6.79. The number of rotatable bonds is 6. The van der Waals surface area contributed by atoms with Crippen LogP contribution in [-0.2, 0) is 9.53 Å². The number of carbonyl (C=O) groups is 1. The summed E-state index contributed by atoms with van der Waals surface area (Å²) in [7, 11) is 1.42. The first-order valence-corrected chi connectivity index (χ1v) is 8.59. The van der Waals surface area contributed by atoms with Crippen molar-refractivity contribution >= 4 is 39.3 Å². The first kappa shape index (κ1) is 16.3. The lowest BCUT2D eigenvalue weighted by Gasteiger charge is -2.29. The third-order valence-electron chi connectivity index (χ3n) is 3.00. The lowest BCUT2D eigenvalue weighted by Crippen LogP contribution is -2.54. The maximum atomic E-state index is 12.0. The number of thiazole rings is 1. The normalized spacial score (nSPS) is 14.3. The molecule has 1 heterocycles. The Bertz CT molecular complexity index is 594. The van der Waals surface area contributed by atoms with Crippen LogP contribution in [0.25, 0.3) is 10.2 Å². The summed E-state index contributed by atoms with van der Waals surface area (Å²) >= 11 is 3.23. The van der Waals surface area contributed by atoms with E-state index in [0.29, 0.717) is 5.75 Å². The predicted molar refractivity (Wildman–Crippen MR) is 89.0 cm³/mol. The molecule has 0 aliphatic rings. The molecule has 1 aromatic carbocycles. The summed E-state index contributed by atoms with van der Waals surface area (Å²) in [6.45, 7) is 5.91. The van der Waals surface area contributed by atoms with E-state index >= 15 is 0 Å². The number of methoxy groups -OCH3 is 1. The highest BCUT2D eigenvalue weighted by molar-refractivity contribution is 8.01. The van der Waals surface area contributed by atoms with E-state index in [9.17, 15) is 4.79 Å². The van der Waals surface area contributed by atoms with Crippen LogP contribution in [-0.4, -0.2) is 35.4 Å². The van der Waals surface area contributed by atoms with Gasteiger partial charge in [-0.05, 0) is 32.9 Å². The number of carbonyl (C=O) groups excluding carboxylic acids is 1. The Balaban J connectivity index is 2.12. The number of benzene rings is 1. The molecule has 1 N–H and O–H groups in total. The second-order valence-electron chi connectivity index (χ2n) is 5.36. The van der Waals surface area contributed by atoms with Crippen LogP contribution in [0.1, 0.15) is 20.8 Å². The predicted octanol–water partition coefficient (Wildman–Crippen LogP) is 3.32. The molecule has 1 unspecified atom stereocenters. The number of hydrogen-bond donors (Lipinski definition) is 1. The van der Waals surface area contributed by atoms with Gasteiger partial charge >= 0.3 is 5.97 Å². The number of fused-ring (bicyclic) bond motifs is 1. The number of hydrogen-bond acceptors (Lipinski definition) is 6. The van der Waals surface area contributed by atoms with Crippen molar-refractivity contribution in [1.82, 2.24) is 10.3 Å². The molecule has 0 saturated heterocycles. The van der Waals surface area contributed by atoms with E-state index < -0.39 is 5.54 Å². The van der Waals surface area contributed by atoms with Crippen LogP contribution in [0.2, 0.25) is 0 Å². The molecule has 0 aliphatic heterocycles. The Hall–Kier alpha value is -1.11. The summed E-state index contributed by atoms with van der Waals surface area (Å²) in [5.41, 5.74) is 0.285. The zero-order chi connectivity index (χ0) is 15.5. The maximum Gasteiger partial charge on any atom is 0.326 e. The molecule has 0 amide bonds. The zero-order valence-corrected chi connectivity index (χ0v) is 14.3. The third kappa shape index (κ3) is 3.96. The monoisotopic (exact) mass is 324 g/mol. The average molecular weight is 324 g/mol. The highest BCUT2D eigenvalue weighted by Gasteiger charge is 2.35. The number of esters is 1. The minimum atomic E-state index is -0.717. The number of ether oxygens (including phenoxy) is 1. The van der Waals surface area contributed by atoms with Gasteiger partial charge in [-0.2, -0.15) is 0 Å². The standard InChI is InChI=1S/C15H20N2O2S2/c1-10(2)17-15(3,13(18)19-4)9-20-14-16-11-7-5-6-8-12(11)21-14/h5-8,10,17H,9H2,1-4H3. The van der Waals surface area contributed by atoms with Crippen molar-refractivity contribution < 1.29 is 9.53 Å². The van der Waals surface area contributed by atoms with E-state index in [1.54, 1.807) is 23.1 Å². The van der Waals surface area contributed by atoms with Crippen molar-refractivity contribution in [2.24, 2.45) is 0 Å².